The SMILES string of the molecule is CNCC1CCN(c2ccc(C#N)c(C)c2)CC1. The van der Waals surface area contributed by atoms with Gasteiger partial charge < -0.3 is 10.2 Å². The number of anilines is 1. The maximum absolute atomic E-state index is 8.94. The average Bonchev–Trinajstić information content (AvgIpc) is 2.40. The summed E-state index contributed by atoms with van der Waals surface area (Å²) in [5, 5.41) is 12.2. The molecule has 0 aliphatic carbocycles. The fraction of sp³-hybridized carbons (Fsp3) is 0.533. The average molecular weight is 243 g/mol. The second kappa shape index (κ2) is 5.88. The highest BCUT2D eigenvalue weighted by Crippen LogP contribution is 2.24. The number of nitriles is 1. The number of rotatable bonds is 3. The molecule has 1 N–H and O–H groups in total. The second-order valence-electron chi connectivity index (χ2n) is 5.10. The lowest BCUT2D eigenvalue weighted by atomic mass is 9.96. The first-order valence-corrected chi connectivity index (χ1v) is 6.65. The molecular formula is C15H21N3. The van der Waals surface area contributed by atoms with Crippen LogP contribution in [0.5, 0.6) is 0 Å². The highest BCUT2D eigenvalue weighted by Gasteiger charge is 2.19. The van der Waals surface area contributed by atoms with Crippen LogP contribution in [0.2, 0.25) is 0 Å². The van der Waals surface area contributed by atoms with Crippen molar-refractivity contribution in [3.8, 4) is 6.07 Å². The normalized spacial score (nSPS) is 16.6. The van der Waals surface area contributed by atoms with Gasteiger partial charge in [-0.2, -0.15) is 5.26 Å². The Morgan fingerprint density at radius 2 is 2.11 bits per heavy atom. The number of aryl methyl sites for hydroxylation is 1. The third-order valence-electron chi connectivity index (χ3n) is 3.80. The van der Waals surface area contributed by atoms with E-state index >= 15 is 0 Å². The van der Waals surface area contributed by atoms with Gasteiger partial charge in [-0.25, -0.2) is 0 Å². The van der Waals surface area contributed by atoms with Crippen LogP contribution in [0.15, 0.2) is 18.2 Å². The van der Waals surface area contributed by atoms with Crippen molar-refractivity contribution >= 4 is 5.69 Å². The van der Waals surface area contributed by atoms with E-state index in [0.29, 0.717) is 0 Å². The quantitative estimate of drug-likeness (QED) is 0.885. The summed E-state index contributed by atoms with van der Waals surface area (Å²) < 4.78 is 0. The van der Waals surface area contributed by atoms with E-state index in [0.717, 1.165) is 36.7 Å². The molecule has 3 nitrogen and oxygen atoms in total. The van der Waals surface area contributed by atoms with Gasteiger partial charge in [-0.05, 0) is 63.0 Å². The standard InChI is InChI=1S/C15H21N3/c1-12-9-15(4-3-14(12)10-16)18-7-5-13(6-8-18)11-17-2/h3-4,9,13,17H,5-8,11H2,1-2H3. The van der Waals surface area contributed by atoms with Gasteiger partial charge in [0.25, 0.3) is 0 Å². The van der Waals surface area contributed by atoms with Gasteiger partial charge in [-0.1, -0.05) is 0 Å². The Kier molecular flexibility index (Phi) is 4.22. The summed E-state index contributed by atoms with van der Waals surface area (Å²) in [7, 11) is 2.02. The number of hydrogen-bond acceptors (Lipinski definition) is 3. The topological polar surface area (TPSA) is 39.1 Å². The number of benzene rings is 1. The van der Waals surface area contributed by atoms with E-state index in [9.17, 15) is 0 Å². The van der Waals surface area contributed by atoms with E-state index in [1.54, 1.807) is 0 Å². The first-order valence-electron chi connectivity index (χ1n) is 6.65. The maximum atomic E-state index is 8.94. The molecule has 0 radical (unpaired) electrons. The lowest BCUT2D eigenvalue weighted by molar-refractivity contribution is 0.393. The molecule has 1 saturated heterocycles. The van der Waals surface area contributed by atoms with Crippen molar-refractivity contribution < 1.29 is 0 Å². The summed E-state index contributed by atoms with van der Waals surface area (Å²) >= 11 is 0. The number of nitrogens with one attached hydrogen (secondary N) is 1. The molecule has 1 aromatic carbocycles. The van der Waals surface area contributed by atoms with Crippen LogP contribution in [0.3, 0.4) is 0 Å². The second-order valence-corrected chi connectivity index (χ2v) is 5.10. The van der Waals surface area contributed by atoms with Crippen LogP contribution < -0.4 is 10.2 Å². The Labute approximate surface area is 109 Å². The van der Waals surface area contributed by atoms with Crippen LogP contribution in [-0.4, -0.2) is 26.7 Å². The van der Waals surface area contributed by atoms with Gasteiger partial charge in [0.1, 0.15) is 0 Å². The molecule has 0 spiro atoms. The zero-order valence-corrected chi connectivity index (χ0v) is 11.2. The van der Waals surface area contributed by atoms with E-state index in [4.69, 9.17) is 5.26 Å². The number of nitrogens with zero attached hydrogens (tertiary/aromatic N) is 2. The smallest absolute Gasteiger partial charge is 0.0994 e. The summed E-state index contributed by atoms with van der Waals surface area (Å²) in [6, 6.07) is 8.37. The van der Waals surface area contributed by atoms with Crippen molar-refractivity contribution in [2.75, 3.05) is 31.6 Å². The third kappa shape index (κ3) is 2.83. The predicted molar refractivity (Wildman–Crippen MR) is 74.8 cm³/mol. The number of piperidine rings is 1. The molecule has 1 aromatic rings. The zero-order valence-electron chi connectivity index (χ0n) is 11.2. The monoisotopic (exact) mass is 243 g/mol. The van der Waals surface area contributed by atoms with Gasteiger partial charge in [-0.3, -0.25) is 0 Å². The zero-order chi connectivity index (χ0) is 13.0. The molecule has 2 rings (SSSR count). The molecule has 1 aliphatic heterocycles. The molecule has 0 unspecified atom stereocenters. The van der Waals surface area contributed by atoms with Gasteiger partial charge in [0, 0.05) is 18.8 Å². The molecular weight excluding hydrogens is 222 g/mol. The van der Waals surface area contributed by atoms with Gasteiger partial charge >= 0.3 is 0 Å². The summed E-state index contributed by atoms with van der Waals surface area (Å²) in [6.07, 6.45) is 2.50. The lowest BCUT2D eigenvalue weighted by Crippen LogP contribution is -2.36. The molecule has 1 fully saturated rings. The van der Waals surface area contributed by atoms with Gasteiger partial charge in [0.05, 0.1) is 11.6 Å². The van der Waals surface area contributed by atoms with Gasteiger partial charge in [-0.15, -0.1) is 0 Å². The molecule has 0 bridgehead atoms. The molecule has 96 valence electrons. The first kappa shape index (κ1) is 12.9. The molecule has 3 heteroatoms. The highest BCUT2D eigenvalue weighted by atomic mass is 15.1. The van der Waals surface area contributed by atoms with Crippen molar-refractivity contribution in [3.05, 3.63) is 29.3 Å². The third-order valence-corrected chi connectivity index (χ3v) is 3.80. The minimum absolute atomic E-state index is 0.781. The molecule has 1 heterocycles. The van der Waals surface area contributed by atoms with Crippen LogP contribution in [-0.2, 0) is 0 Å². The molecule has 18 heavy (non-hydrogen) atoms. The fourth-order valence-electron chi connectivity index (χ4n) is 2.65. The van der Waals surface area contributed by atoms with Crippen LogP contribution in [0.4, 0.5) is 5.69 Å². The van der Waals surface area contributed by atoms with E-state index in [-0.39, 0.29) is 0 Å². The Bertz CT molecular complexity index is 440. The van der Waals surface area contributed by atoms with Crippen LogP contribution in [0.1, 0.15) is 24.0 Å². The minimum Gasteiger partial charge on any atom is -0.372 e. The summed E-state index contributed by atoms with van der Waals surface area (Å²) in [5.74, 6) is 0.811. The van der Waals surface area contributed by atoms with Crippen LogP contribution >= 0.6 is 0 Å². The molecule has 0 amide bonds. The Hall–Kier alpha value is -1.53. The largest absolute Gasteiger partial charge is 0.372 e. The van der Waals surface area contributed by atoms with E-state index < -0.39 is 0 Å². The van der Waals surface area contributed by atoms with Crippen LogP contribution in [0.25, 0.3) is 0 Å². The van der Waals surface area contributed by atoms with Gasteiger partial charge in [0.15, 0.2) is 0 Å². The molecule has 0 aromatic heterocycles. The van der Waals surface area contributed by atoms with E-state index in [1.807, 2.05) is 20.0 Å². The van der Waals surface area contributed by atoms with Crippen molar-refractivity contribution in [1.29, 1.82) is 5.26 Å². The molecule has 0 atom stereocenters. The summed E-state index contributed by atoms with van der Waals surface area (Å²) in [5.41, 5.74) is 3.12. The Balaban J connectivity index is 2.02. The Morgan fingerprint density at radius 3 is 2.67 bits per heavy atom. The van der Waals surface area contributed by atoms with Crippen molar-refractivity contribution in [3.63, 3.8) is 0 Å². The first-order chi connectivity index (χ1) is 8.74. The summed E-state index contributed by atoms with van der Waals surface area (Å²) in [4.78, 5) is 2.43. The minimum atomic E-state index is 0.781. The molecule has 0 saturated carbocycles. The molecule has 1 aliphatic rings. The Morgan fingerprint density at radius 1 is 1.39 bits per heavy atom. The van der Waals surface area contributed by atoms with Gasteiger partial charge in [0.2, 0.25) is 0 Å². The summed E-state index contributed by atoms with van der Waals surface area (Å²) in [6.45, 7) is 5.38. The highest BCUT2D eigenvalue weighted by molar-refractivity contribution is 5.53. The predicted octanol–water partition coefficient (Wildman–Crippen LogP) is 2.30. The van der Waals surface area contributed by atoms with E-state index in [2.05, 4.69) is 28.4 Å². The number of hydrogen-bond donors (Lipinski definition) is 1. The van der Waals surface area contributed by atoms with Crippen molar-refractivity contribution in [1.82, 2.24) is 5.32 Å². The van der Waals surface area contributed by atoms with Crippen molar-refractivity contribution in [2.45, 2.75) is 19.8 Å². The van der Waals surface area contributed by atoms with Crippen LogP contribution in [0, 0.1) is 24.2 Å². The fourth-order valence-corrected chi connectivity index (χ4v) is 2.65. The van der Waals surface area contributed by atoms with Crippen molar-refractivity contribution in [2.24, 2.45) is 5.92 Å². The van der Waals surface area contributed by atoms with E-state index in [1.165, 1.54) is 18.5 Å². The maximum Gasteiger partial charge on any atom is 0.0994 e. The lowest BCUT2D eigenvalue weighted by Gasteiger charge is -2.33.